The van der Waals surface area contributed by atoms with Crippen LogP contribution in [0, 0.1) is 16.0 Å². The number of amides is 1. The van der Waals surface area contributed by atoms with Gasteiger partial charge in [0.15, 0.2) is 4.80 Å². The summed E-state index contributed by atoms with van der Waals surface area (Å²) < 4.78 is 8.29. The Morgan fingerprint density at radius 2 is 1.81 bits per heavy atom. The predicted octanol–water partition coefficient (Wildman–Crippen LogP) is 3.23. The minimum atomic E-state index is -1.24. The Morgan fingerprint density at radius 3 is 2.54 bits per heavy atom. The average Bonchev–Trinajstić information content (AvgIpc) is 3.17. The number of carbonyl (C=O) groups excluding carboxylic acids is 1. The van der Waals surface area contributed by atoms with Crippen molar-refractivity contribution in [2.24, 2.45) is 10.9 Å². The fourth-order valence-corrected chi connectivity index (χ4v) is 6.03. The summed E-state index contributed by atoms with van der Waals surface area (Å²) in [6.45, 7) is 1.76. The lowest BCUT2D eigenvalue weighted by Crippen LogP contribution is -2.59. The van der Waals surface area contributed by atoms with Gasteiger partial charge in [-0.1, -0.05) is 47.7 Å². The van der Waals surface area contributed by atoms with Crippen LogP contribution in [-0.2, 0) is 4.79 Å². The van der Waals surface area contributed by atoms with Crippen LogP contribution in [-0.4, -0.2) is 21.1 Å². The van der Waals surface area contributed by atoms with Crippen LogP contribution in [0.15, 0.2) is 88.6 Å². The molecule has 1 aromatic heterocycles. The van der Waals surface area contributed by atoms with Crippen molar-refractivity contribution < 1.29 is 14.5 Å². The van der Waals surface area contributed by atoms with Crippen molar-refractivity contribution in [1.29, 1.82) is 0 Å². The van der Waals surface area contributed by atoms with Gasteiger partial charge >= 0.3 is 0 Å². The maximum atomic E-state index is 13.7. The number of nitro groups is 1. The van der Waals surface area contributed by atoms with Gasteiger partial charge in [-0.05, 0) is 48.9 Å². The number of anilines is 1. The van der Waals surface area contributed by atoms with E-state index in [0.29, 0.717) is 26.3 Å². The number of para-hydroxylation sites is 2. The first kappa shape index (κ1) is 22.9. The Morgan fingerprint density at radius 1 is 1.11 bits per heavy atom. The number of nitrogens with one attached hydrogen (secondary N) is 1. The first-order chi connectivity index (χ1) is 17.8. The molecule has 2 aliphatic heterocycles. The standard InChI is InChI=1S/C27H20N4O5S/c1-27-22(24(32)28-17-7-3-2-4-8-17)23(19-9-5-6-10-20(19)36-27)30-25(33)21(37-26(30)29-27)15-16-11-13-18(14-12-16)31(34)35/h2-15,22-23H,1H3,(H,28,32)/b21-15+/t22-,23+,27+/m1/s1. The summed E-state index contributed by atoms with van der Waals surface area (Å²) in [7, 11) is 0. The van der Waals surface area contributed by atoms with Crippen LogP contribution in [0.2, 0.25) is 0 Å². The minimum absolute atomic E-state index is 0.0305. The molecule has 37 heavy (non-hydrogen) atoms. The number of fused-ring (bicyclic) bond motifs is 6. The first-order valence-corrected chi connectivity index (χ1v) is 12.4. The molecule has 0 unspecified atom stereocenters. The molecule has 0 saturated heterocycles. The van der Waals surface area contributed by atoms with Crippen LogP contribution in [0.3, 0.4) is 0 Å². The third kappa shape index (κ3) is 3.82. The highest BCUT2D eigenvalue weighted by Crippen LogP contribution is 2.47. The number of thiazole rings is 1. The lowest BCUT2D eigenvalue weighted by atomic mass is 9.80. The molecule has 10 heteroatoms. The van der Waals surface area contributed by atoms with Gasteiger partial charge < -0.3 is 10.1 Å². The lowest BCUT2D eigenvalue weighted by Gasteiger charge is -2.45. The second-order valence-electron chi connectivity index (χ2n) is 9.00. The van der Waals surface area contributed by atoms with E-state index in [4.69, 9.17) is 9.73 Å². The highest BCUT2D eigenvalue weighted by molar-refractivity contribution is 7.07. The van der Waals surface area contributed by atoms with Crippen LogP contribution >= 0.6 is 11.3 Å². The van der Waals surface area contributed by atoms with Crippen LogP contribution in [0.5, 0.6) is 5.75 Å². The van der Waals surface area contributed by atoms with E-state index in [1.165, 1.54) is 23.5 Å². The number of rotatable bonds is 4. The van der Waals surface area contributed by atoms with E-state index in [2.05, 4.69) is 5.32 Å². The Hall–Kier alpha value is -4.57. The normalized spacial score (nSPS) is 21.7. The number of non-ortho nitro benzene ring substituents is 1. The molecule has 1 amide bonds. The van der Waals surface area contributed by atoms with E-state index in [9.17, 15) is 19.7 Å². The number of nitro benzene ring substituents is 1. The molecule has 0 radical (unpaired) electrons. The van der Waals surface area contributed by atoms with E-state index in [-0.39, 0.29) is 17.2 Å². The smallest absolute Gasteiger partial charge is 0.270 e. The monoisotopic (exact) mass is 512 g/mol. The molecule has 184 valence electrons. The SMILES string of the molecule is C[C@]12N=c3s/c(=C/c4ccc([N+](=O)[O-])cc4)c(=O)n3[C@@H](c3ccccc3O1)[C@@H]2C(=O)Nc1ccccc1. The van der Waals surface area contributed by atoms with Crippen LogP contribution in [0.1, 0.15) is 24.1 Å². The molecule has 0 saturated carbocycles. The fourth-order valence-electron chi connectivity index (χ4n) is 4.93. The molecule has 1 N–H and O–H groups in total. The zero-order valence-electron chi connectivity index (χ0n) is 19.5. The zero-order valence-corrected chi connectivity index (χ0v) is 20.3. The molecule has 2 aliphatic rings. The van der Waals surface area contributed by atoms with Gasteiger partial charge in [-0.25, -0.2) is 4.99 Å². The number of nitrogens with zero attached hydrogens (tertiary/aromatic N) is 3. The van der Waals surface area contributed by atoms with Crippen molar-refractivity contribution in [3.8, 4) is 5.75 Å². The number of ether oxygens (including phenoxy) is 1. The molecular formula is C27H20N4O5S. The number of carbonyl (C=O) groups is 1. The Bertz CT molecular complexity index is 1730. The second kappa shape index (κ2) is 8.52. The largest absolute Gasteiger partial charge is 0.465 e. The van der Waals surface area contributed by atoms with Gasteiger partial charge in [0.2, 0.25) is 11.6 Å². The molecule has 9 nitrogen and oxygen atoms in total. The summed E-state index contributed by atoms with van der Waals surface area (Å²) in [5.41, 5.74) is 0.454. The van der Waals surface area contributed by atoms with Gasteiger partial charge in [0, 0.05) is 23.4 Å². The van der Waals surface area contributed by atoms with Crippen molar-refractivity contribution in [2.45, 2.75) is 18.7 Å². The molecule has 0 aliphatic carbocycles. The van der Waals surface area contributed by atoms with E-state index in [0.717, 1.165) is 5.56 Å². The summed E-state index contributed by atoms with van der Waals surface area (Å²) in [4.78, 5) is 43.2. The predicted molar refractivity (Wildman–Crippen MR) is 138 cm³/mol. The summed E-state index contributed by atoms with van der Waals surface area (Å²) in [6.07, 6.45) is 1.68. The zero-order chi connectivity index (χ0) is 25.7. The van der Waals surface area contributed by atoms with Crippen LogP contribution < -0.4 is 24.9 Å². The molecule has 2 bridgehead atoms. The average molecular weight is 513 g/mol. The van der Waals surface area contributed by atoms with Gasteiger partial charge in [0.1, 0.15) is 11.7 Å². The van der Waals surface area contributed by atoms with Crippen LogP contribution in [0.25, 0.3) is 6.08 Å². The highest BCUT2D eigenvalue weighted by Gasteiger charge is 2.55. The number of aromatic nitrogens is 1. The summed E-state index contributed by atoms with van der Waals surface area (Å²) in [6, 6.07) is 21.8. The maximum absolute atomic E-state index is 13.7. The minimum Gasteiger partial charge on any atom is -0.465 e. The topological polar surface area (TPSA) is 116 Å². The first-order valence-electron chi connectivity index (χ1n) is 11.6. The van der Waals surface area contributed by atoms with E-state index in [1.807, 2.05) is 42.5 Å². The van der Waals surface area contributed by atoms with Gasteiger partial charge in [-0.3, -0.25) is 24.3 Å². The number of hydrogen-bond donors (Lipinski definition) is 1. The van der Waals surface area contributed by atoms with Crippen molar-refractivity contribution in [3.05, 3.63) is 120 Å². The second-order valence-corrected chi connectivity index (χ2v) is 10.0. The third-order valence-corrected chi connectivity index (χ3v) is 7.59. The third-order valence-electron chi connectivity index (χ3n) is 6.61. The van der Waals surface area contributed by atoms with Gasteiger partial charge in [0.25, 0.3) is 11.2 Å². The molecule has 3 atom stereocenters. The van der Waals surface area contributed by atoms with Gasteiger partial charge in [-0.15, -0.1) is 0 Å². The van der Waals surface area contributed by atoms with Crippen LogP contribution in [0.4, 0.5) is 11.4 Å². The maximum Gasteiger partial charge on any atom is 0.270 e. The van der Waals surface area contributed by atoms with E-state index < -0.39 is 22.6 Å². The number of hydrogen-bond acceptors (Lipinski definition) is 7. The molecule has 3 aromatic carbocycles. The molecule has 4 aromatic rings. The van der Waals surface area contributed by atoms with Gasteiger partial charge in [-0.2, -0.15) is 0 Å². The van der Waals surface area contributed by atoms with E-state index in [1.54, 1.807) is 41.8 Å². The quantitative estimate of drug-likeness (QED) is 0.333. The Labute approximate surface area is 214 Å². The Balaban J connectivity index is 1.51. The molecular weight excluding hydrogens is 492 g/mol. The van der Waals surface area contributed by atoms with Crippen molar-refractivity contribution >= 4 is 34.7 Å². The lowest BCUT2D eigenvalue weighted by molar-refractivity contribution is -0.384. The number of benzene rings is 3. The van der Waals surface area contributed by atoms with E-state index >= 15 is 0 Å². The van der Waals surface area contributed by atoms with Gasteiger partial charge in [0.05, 0.1) is 15.5 Å². The van der Waals surface area contributed by atoms with Crippen molar-refractivity contribution in [2.75, 3.05) is 5.32 Å². The summed E-state index contributed by atoms with van der Waals surface area (Å²) >= 11 is 1.20. The summed E-state index contributed by atoms with van der Waals surface area (Å²) in [5.74, 6) is -0.539. The summed E-state index contributed by atoms with van der Waals surface area (Å²) in [5, 5.41) is 13.9. The molecule has 0 fully saturated rings. The van der Waals surface area contributed by atoms with Crippen molar-refractivity contribution in [1.82, 2.24) is 4.57 Å². The highest BCUT2D eigenvalue weighted by atomic mass is 32.1. The molecule has 6 rings (SSSR count). The molecule has 0 spiro atoms. The van der Waals surface area contributed by atoms with Crippen molar-refractivity contribution in [3.63, 3.8) is 0 Å². The molecule has 3 heterocycles. The fraction of sp³-hybridized carbons (Fsp3) is 0.148. The Kier molecular flexibility index (Phi) is 5.27.